The number of para-hydroxylation sites is 1. The Labute approximate surface area is 166 Å². The molecule has 0 bridgehead atoms. The van der Waals surface area contributed by atoms with Crippen LogP contribution in [0.5, 0.6) is 0 Å². The first-order valence-corrected chi connectivity index (χ1v) is 9.92. The number of thioether (sulfide) groups is 1. The molecule has 0 spiro atoms. The first-order chi connectivity index (χ1) is 13.2. The van der Waals surface area contributed by atoms with E-state index >= 15 is 0 Å². The Kier molecular flexibility index (Phi) is 5.33. The van der Waals surface area contributed by atoms with Gasteiger partial charge in [-0.2, -0.15) is 4.98 Å². The average Bonchev–Trinajstić information content (AvgIpc) is 3.32. The van der Waals surface area contributed by atoms with Crippen LogP contribution in [0.2, 0.25) is 5.02 Å². The van der Waals surface area contributed by atoms with Crippen LogP contribution in [0.15, 0.2) is 57.4 Å². The Hall–Kier alpha value is -2.49. The van der Waals surface area contributed by atoms with Gasteiger partial charge in [0.05, 0.1) is 16.5 Å². The molecule has 136 valence electrons. The van der Waals surface area contributed by atoms with Crippen LogP contribution in [0.4, 0.5) is 15.2 Å². The van der Waals surface area contributed by atoms with Gasteiger partial charge in [-0.3, -0.25) is 0 Å². The second-order valence-corrected chi connectivity index (χ2v) is 7.87. The number of aromatic nitrogens is 4. The third-order valence-electron chi connectivity index (χ3n) is 3.42. The molecule has 0 radical (unpaired) electrons. The molecule has 0 fully saturated rings. The van der Waals surface area contributed by atoms with E-state index < -0.39 is 0 Å². The van der Waals surface area contributed by atoms with Gasteiger partial charge >= 0.3 is 0 Å². The minimum atomic E-state index is -0.347. The summed E-state index contributed by atoms with van der Waals surface area (Å²) < 4.78 is 19.6. The molecule has 1 N–H and O–H groups in total. The molecule has 0 atom stereocenters. The molecule has 2 heterocycles. The minimum absolute atomic E-state index is 0.347. The van der Waals surface area contributed by atoms with Gasteiger partial charge in [0.15, 0.2) is 4.34 Å². The second-order valence-electron chi connectivity index (χ2n) is 5.26. The molecule has 0 aliphatic heterocycles. The van der Waals surface area contributed by atoms with Gasteiger partial charge < -0.3 is 9.84 Å². The molecule has 2 aromatic carbocycles. The predicted octanol–water partition coefficient (Wildman–Crippen LogP) is 5.42. The van der Waals surface area contributed by atoms with E-state index in [1.807, 2.05) is 18.2 Å². The number of rotatable bonds is 6. The summed E-state index contributed by atoms with van der Waals surface area (Å²) >= 11 is 8.86. The van der Waals surface area contributed by atoms with Crippen LogP contribution in [0.1, 0.15) is 5.89 Å². The van der Waals surface area contributed by atoms with E-state index in [1.165, 1.54) is 29.2 Å². The molecule has 27 heavy (non-hydrogen) atoms. The highest BCUT2D eigenvalue weighted by Gasteiger charge is 2.13. The summed E-state index contributed by atoms with van der Waals surface area (Å²) in [4.78, 5) is 4.35. The first-order valence-electron chi connectivity index (χ1n) is 7.74. The number of nitrogens with one attached hydrogen (secondary N) is 1. The minimum Gasteiger partial charge on any atom is -0.338 e. The van der Waals surface area contributed by atoms with Gasteiger partial charge in [0.2, 0.25) is 16.8 Å². The Morgan fingerprint density at radius 1 is 1.11 bits per heavy atom. The fourth-order valence-electron chi connectivity index (χ4n) is 2.19. The van der Waals surface area contributed by atoms with Crippen LogP contribution >= 0.6 is 34.7 Å². The summed E-state index contributed by atoms with van der Waals surface area (Å²) in [5.41, 5.74) is 1.07. The van der Waals surface area contributed by atoms with E-state index in [1.54, 1.807) is 24.3 Å². The number of halogens is 2. The Bertz CT molecular complexity index is 1070. The topological polar surface area (TPSA) is 76.7 Å². The molecule has 6 nitrogen and oxygen atoms in total. The smallest absolute Gasteiger partial charge is 0.237 e. The van der Waals surface area contributed by atoms with Crippen molar-refractivity contribution in [1.29, 1.82) is 0 Å². The SMILES string of the molecule is Fc1ccccc1Nc1nnc(SCc2nc(-c3ccccc3Cl)no2)s1. The zero-order valence-electron chi connectivity index (χ0n) is 13.6. The molecule has 0 amide bonds. The quantitative estimate of drug-likeness (QED) is 0.418. The van der Waals surface area contributed by atoms with E-state index in [0.717, 1.165) is 0 Å². The van der Waals surface area contributed by atoms with E-state index in [9.17, 15) is 4.39 Å². The Morgan fingerprint density at radius 3 is 2.78 bits per heavy atom. The molecule has 0 saturated carbocycles. The summed E-state index contributed by atoms with van der Waals surface area (Å²) in [6, 6.07) is 13.7. The fraction of sp³-hybridized carbons (Fsp3) is 0.0588. The summed E-state index contributed by atoms with van der Waals surface area (Å²) in [7, 11) is 0. The van der Waals surface area contributed by atoms with Gasteiger partial charge in [0.1, 0.15) is 5.82 Å². The lowest BCUT2D eigenvalue weighted by molar-refractivity contribution is 0.391. The Morgan fingerprint density at radius 2 is 1.93 bits per heavy atom. The highest BCUT2D eigenvalue weighted by molar-refractivity contribution is 8.00. The lowest BCUT2D eigenvalue weighted by atomic mass is 10.2. The molecule has 4 rings (SSSR count). The molecule has 4 aromatic rings. The monoisotopic (exact) mass is 419 g/mol. The average molecular weight is 420 g/mol. The number of hydrogen-bond acceptors (Lipinski definition) is 8. The predicted molar refractivity (Wildman–Crippen MR) is 104 cm³/mol. The fourth-order valence-corrected chi connectivity index (χ4v) is 4.01. The lowest BCUT2D eigenvalue weighted by Gasteiger charge is -2.01. The van der Waals surface area contributed by atoms with Crippen LogP contribution in [0.3, 0.4) is 0 Å². The summed E-state index contributed by atoms with van der Waals surface area (Å²) in [6.07, 6.45) is 0. The highest BCUT2D eigenvalue weighted by Crippen LogP contribution is 2.31. The number of anilines is 2. The number of benzene rings is 2. The van der Waals surface area contributed by atoms with Crippen molar-refractivity contribution in [1.82, 2.24) is 20.3 Å². The van der Waals surface area contributed by atoms with Crippen LogP contribution in [-0.4, -0.2) is 20.3 Å². The first kappa shape index (κ1) is 17.9. The Balaban J connectivity index is 1.39. The van der Waals surface area contributed by atoms with Gasteiger partial charge in [-0.25, -0.2) is 4.39 Å². The van der Waals surface area contributed by atoms with Crippen LogP contribution in [0, 0.1) is 5.82 Å². The van der Waals surface area contributed by atoms with Crippen LogP contribution in [0.25, 0.3) is 11.4 Å². The molecule has 0 unspecified atom stereocenters. The van der Waals surface area contributed by atoms with Gasteiger partial charge in [0.25, 0.3) is 0 Å². The molecule has 10 heteroatoms. The maximum atomic E-state index is 13.7. The van der Waals surface area contributed by atoms with Crippen molar-refractivity contribution in [2.24, 2.45) is 0 Å². The van der Waals surface area contributed by atoms with E-state index in [-0.39, 0.29) is 5.82 Å². The van der Waals surface area contributed by atoms with Crippen molar-refractivity contribution in [2.45, 2.75) is 10.1 Å². The van der Waals surface area contributed by atoms with Crippen molar-refractivity contribution >= 4 is 45.5 Å². The number of hydrogen-bond donors (Lipinski definition) is 1. The summed E-state index contributed by atoms with van der Waals surface area (Å²) in [6.45, 7) is 0. The second kappa shape index (κ2) is 8.03. The zero-order chi connectivity index (χ0) is 18.6. The van der Waals surface area contributed by atoms with Crippen molar-refractivity contribution in [3.05, 3.63) is 65.3 Å². The number of nitrogens with zero attached hydrogens (tertiary/aromatic N) is 4. The van der Waals surface area contributed by atoms with Crippen molar-refractivity contribution in [2.75, 3.05) is 5.32 Å². The van der Waals surface area contributed by atoms with Gasteiger partial charge in [-0.1, -0.05) is 64.1 Å². The summed E-state index contributed by atoms with van der Waals surface area (Å²) in [5.74, 6) is 0.982. The van der Waals surface area contributed by atoms with E-state index in [0.29, 0.717) is 43.2 Å². The van der Waals surface area contributed by atoms with Crippen LogP contribution < -0.4 is 5.32 Å². The molecule has 0 aliphatic carbocycles. The molecule has 0 aliphatic rings. The van der Waals surface area contributed by atoms with Gasteiger partial charge in [-0.05, 0) is 24.3 Å². The molecular formula is C17H11ClFN5OS2. The largest absolute Gasteiger partial charge is 0.338 e. The van der Waals surface area contributed by atoms with Crippen molar-refractivity contribution < 1.29 is 8.91 Å². The van der Waals surface area contributed by atoms with Crippen LogP contribution in [-0.2, 0) is 5.75 Å². The van der Waals surface area contributed by atoms with Crippen molar-refractivity contribution in [3.63, 3.8) is 0 Å². The lowest BCUT2D eigenvalue weighted by Crippen LogP contribution is -1.92. The van der Waals surface area contributed by atoms with Gasteiger partial charge in [-0.15, -0.1) is 10.2 Å². The van der Waals surface area contributed by atoms with E-state index in [2.05, 4.69) is 25.7 Å². The standard InChI is InChI=1S/C17H11ClFN5OS2/c18-11-6-2-1-5-10(11)15-21-14(25-24-15)9-26-17-23-22-16(27-17)20-13-8-4-3-7-12(13)19/h1-8H,9H2,(H,20,22). The molecule has 0 saturated heterocycles. The maximum absolute atomic E-state index is 13.7. The third-order valence-corrected chi connectivity index (χ3v) is 5.71. The third kappa shape index (κ3) is 4.26. The normalized spacial score (nSPS) is 10.9. The summed E-state index contributed by atoms with van der Waals surface area (Å²) in [5, 5.41) is 16.0. The highest BCUT2D eigenvalue weighted by atomic mass is 35.5. The molecule has 2 aromatic heterocycles. The zero-order valence-corrected chi connectivity index (χ0v) is 16.0. The van der Waals surface area contributed by atoms with Crippen molar-refractivity contribution in [3.8, 4) is 11.4 Å². The maximum Gasteiger partial charge on any atom is 0.237 e. The van der Waals surface area contributed by atoms with Gasteiger partial charge in [0, 0.05) is 5.56 Å². The molecular weight excluding hydrogens is 409 g/mol. The van der Waals surface area contributed by atoms with E-state index in [4.69, 9.17) is 16.1 Å².